The number of aryl methyl sites for hydroxylation is 1. The van der Waals surface area contributed by atoms with Crippen LogP contribution in [-0.4, -0.2) is 9.97 Å². The topological polar surface area (TPSA) is 73.1 Å². The molecule has 0 aliphatic heterocycles. The van der Waals surface area contributed by atoms with Gasteiger partial charge in [0.05, 0.1) is 0 Å². The van der Waals surface area contributed by atoms with Crippen molar-refractivity contribution in [1.29, 1.82) is 0 Å². The van der Waals surface area contributed by atoms with Gasteiger partial charge in [0.1, 0.15) is 18.2 Å². The van der Waals surface area contributed by atoms with Crippen LogP contribution in [0.4, 0.5) is 5.82 Å². The maximum absolute atomic E-state index is 5.55. The largest absolute Gasteiger partial charge is 0.486 e. The molecule has 88 valence electrons. The molecular weight excluding hydrogens is 216 g/mol. The lowest BCUT2D eigenvalue weighted by Gasteiger charge is -2.07. The van der Waals surface area contributed by atoms with Crippen LogP contribution in [0.15, 0.2) is 36.4 Å². The third kappa shape index (κ3) is 3.15. The number of hydrogen-bond donors (Lipinski definition) is 2. The van der Waals surface area contributed by atoms with Crippen molar-refractivity contribution in [2.24, 2.45) is 5.84 Å². The number of hydrazine groups is 1. The summed E-state index contributed by atoms with van der Waals surface area (Å²) in [7, 11) is 0. The summed E-state index contributed by atoms with van der Waals surface area (Å²) in [4.78, 5) is 8.46. The minimum Gasteiger partial charge on any atom is -0.486 e. The van der Waals surface area contributed by atoms with Gasteiger partial charge in [0.25, 0.3) is 0 Å². The van der Waals surface area contributed by atoms with Crippen LogP contribution in [0.25, 0.3) is 0 Å². The number of nitrogens with zero attached hydrogens (tertiary/aromatic N) is 2. The van der Waals surface area contributed by atoms with Gasteiger partial charge in [-0.15, -0.1) is 0 Å². The van der Waals surface area contributed by atoms with Crippen LogP contribution in [0, 0.1) is 6.92 Å². The number of hydrogen-bond acceptors (Lipinski definition) is 5. The highest BCUT2D eigenvalue weighted by Gasteiger charge is 2.02. The molecule has 1 heterocycles. The molecule has 0 aliphatic carbocycles. The van der Waals surface area contributed by atoms with Gasteiger partial charge in [-0.05, 0) is 19.1 Å². The fraction of sp³-hybridized carbons (Fsp3) is 0.167. The van der Waals surface area contributed by atoms with E-state index < -0.39 is 0 Å². The molecule has 5 heteroatoms. The summed E-state index contributed by atoms with van der Waals surface area (Å²) in [6.07, 6.45) is 0. The van der Waals surface area contributed by atoms with Crippen molar-refractivity contribution >= 4 is 5.82 Å². The molecule has 0 unspecified atom stereocenters. The average molecular weight is 230 g/mol. The summed E-state index contributed by atoms with van der Waals surface area (Å²) in [5, 5.41) is 0. The van der Waals surface area contributed by atoms with Crippen molar-refractivity contribution in [2.45, 2.75) is 13.5 Å². The summed E-state index contributed by atoms with van der Waals surface area (Å²) in [5.41, 5.74) is 3.35. The number of aromatic nitrogens is 2. The summed E-state index contributed by atoms with van der Waals surface area (Å²) in [6, 6.07) is 11.3. The van der Waals surface area contributed by atoms with E-state index in [2.05, 4.69) is 15.4 Å². The zero-order chi connectivity index (χ0) is 12.1. The second-order valence-corrected chi connectivity index (χ2v) is 3.56. The van der Waals surface area contributed by atoms with Gasteiger partial charge in [-0.25, -0.2) is 15.8 Å². The SMILES string of the molecule is Cc1cc(NN)nc(COc2ccccc2)n1. The summed E-state index contributed by atoms with van der Waals surface area (Å²) in [5.74, 6) is 7.29. The van der Waals surface area contributed by atoms with Crippen molar-refractivity contribution in [1.82, 2.24) is 9.97 Å². The molecule has 0 amide bonds. The minimum atomic E-state index is 0.320. The Balaban J connectivity index is 2.06. The van der Waals surface area contributed by atoms with Gasteiger partial charge in [-0.1, -0.05) is 18.2 Å². The number of ether oxygens (including phenoxy) is 1. The minimum absolute atomic E-state index is 0.320. The normalized spacial score (nSPS) is 10.0. The Bertz CT molecular complexity index is 487. The molecule has 5 nitrogen and oxygen atoms in total. The molecule has 0 saturated heterocycles. The Morgan fingerprint density at radius 1 is 1.24 bits per heavy atom. The number of nitrogens with one attached hydrogen (secondary N) is 1. The Labute approximate surface area is 99.6 Å². The van der Waals surface area contributed by atoms with E-state index in [0.29, 0.717) is 18.2 Å². The van der Waals surface area contributed by atoms with E-state index in [1.165, 1.54) is 0 Å². The highest BCUT2D eigenvalue weighted by atomic mass is 16.5. The molecule has 1 aromatic carbocycles. The number of para-hydroxylation sites is 1. The number of anilines is 1. The molecule has 0 atom stereocenters. The van der Waals surface area contributed by atoms with Crippen molar-refractivity contribution < 1.29 is 4.74 Å². The molecule has 0 aliphatic rings. The van der Waals surface area contributed by atoms with E-state index in [0.717, 1.165) is 11.4 Å². The van der Waals surface area contributed by atoms with E-state index in [9.17, 15) is 0 Å². The van der Waals surface area contributed by atoms with Crippen LogP contribution in [0.3, 0.4) is 0 Å². The predicted molar refractivity (Wildman–Crippen MR) is 65.4 cm³/mol. The van der Waals surface area contributed by atoms with Crippen LogP contribution in [0.2, 0.25) is 0 Å². The quantitative estimate of drug-likeness (QED) is 0.617. The Hall–Kier alpha value is -2.14. The van der Waals surface area contributed by atoms with Crippen LogP contribution in [0.5, 0.6) is 5.75 Å². The molecule has 17 heavy (non-hydrogen) atoms. The van der Waals surface area contributed by atoms with E-state index >= 15 is 0 Å². The molecule has 2 rings (SSSR count). The maximum Gasteiger partial charge on any atom is 0.168 e. The highest BCUT2D eigenvalue weighted by molar-refractivity contribution is 5.34. The van der Waals surface area contributed by atoms with Gasteiger partial charge in [0, 0.05) is 11.8 Å². The Morgan fingerprint density at radius 2 is 2.00 bits per heavy atom. The van der Waals surface area contributed by atoms with Gasteiger partial charge < -0.3 is 10.2 Å². The number of nitrogens with two attached hydrogens (primary N) is 1. The van der Waals surface area contributed by atoms with Gasteiger partial charge in [-0.3, -0.25) is 0 Å². The first-order chi connectivity index (χ1) is 8.28. The van der Waals surface area contributed by atoms with Crippen molar-refractivity contribution in [3.8, 4) is 5.75 Å². The standard InChI is InChI=1S/C12H14N4O/c1-9-7-11(16-13)15-12(14-9)8-17-10-5-3-2-4-6-10/h2-7H,8,13H2,1H3,(H,14,15,16). The molecule has 2 aromatic rings. The molecule has 3 N–H and O–H groups in total. The lowest BCUT2D eigenvalue weighted by molar-refractivity contribution is 0.295. The van der Waals surface area contributed by atoms with Crippen molar-refractivity contribution in [2.75, 3.05) is 5.43 Å². The fourth-order valence-corrected chi connectivity index (χ4v) is 1.43. The number of nitrogen functional groups attached to an aromatic ring is 1. The Morgan fingerprint density at radius 3 is 2.71 bits per heavy atom. The van der Waals surface area contributed by atoms with E-state index in [1.807, 2.05) is 37.3 Å². The first kappa shape index (κ1) is 11.3. The molecule has 0 radical (unpaired) electrons. The lowest BCUT2D eigenvalue weighted by atomic mass is 10.3. The van der Waals surface area contributed by atoms with Gasteiger partial charge in [0.15, 0.2) is 5.82 Å². The van der Waals surface area contributed by atoms with Crippen molar-refractivity contribution in [3.63, 3.8) is 0 Å². The third-order valence-corrected chi connectivity index (χ3v) is 2.16. The molecule has 0 spiro atoms. The molecule has 0 saturated carbocycles. The fourth-order valence-electron chi connectivity index (χ4n) is 1.43. The van der Waals surface area contributed by atoms with Gasteiger partial charge in [-0.2, -0.15) is 0 Å². The summed E-state index contributed by atoms with van der Waals surface area (Å²) < 4.78 is 5.55. The van der Waals surface area contributed by atoms with E-state index in [1.54, 1.807) is 6.07 Å². The molecule has 0 fully saturated rings. The van der Waals surface area contributed by atoms with Crippen LogP contribution in [-0.2, 0) is 6.61 Å². The third-order valence-electron chi connectivity index (χ3n) is 2.16. The van der Waals surface area contributed by atoms with Crippen molar-refractivity contribution in [3.05, 3.63) is 47.9 Å². The average Bonchev–Trinajstić information content (AvgIpc) is 2.37. The van der Waals surface area contributed by atoms with Gasteiger partial charge in [0.2, 0.25) is 0 Å². The smallest absolute Gasteiger partial charge is 0.168 e. The van der Waals surface area contributed by atoms with E-state index in [-0.39, 0.29) is 0 Å². The summed E-state index contributed by atoms with van der Waals surface area (Å²) in [6.45, 7) is 2.20. The van der Waals surface area contributed by atoms with E-state index in [4.69, 9.17) is 10.6 Å². The highest BCUT2D eigenvalue weighted by Crippen LogP contribution is 2.11. The number of rotatable bonds is 4. The first-order valence-corrected chi connectivity index (χ1v) is 5.27. The predicted octanol–water partition coefficient (Wildman–Crippen LogP) is 1.65. The number of benzene rings is 1. The second-order valence-electron chi connectivity index (χ2n) is 3.56. The monoisotopic (exact) mass is 230 g/mol. The maximum atomic E-state index is 5.55. The Kier molecular flexibility index (Phi) is 3.52. The molecule has 1 aromatic heterocycles. The molecule has 0 bridgehead atoms. The molecular formula is C12H14N4O. The zero-order valence-corrected chi connectivity index (χ0v) is 9.55. The van der Waals surface area contributed by atoms with Crippen LogP contribution in [0.1, 0.15) is 11.5 Å². The second kappa shape index (κ2) is 5.27. The van der Waals surface area contributed by atoms with Crippen LogP contribution < -0.4 is 16.0 Å². The summed E-state index contributed by atoms with van der Waals surface area (Å²) >= 11 is 0. The van der Waals surface area contributed by atoms with Crippen LogP contribution >= 0.6 is 0 Å². The lowest BCUT2D eigenvalue weighted by Crippen LogP contribution is -2.12. The zero-order valence-electron chi connectivity index (χ0n) is 9.55. The first-order valence-electron chi connectivity index (χ1n) is 5.27. The van der Waals surface area contributed by atoms with Gasteiger partial charge >= 0.3 is 0 Å².